The second-order valence-electron chi connectivity index (χ2n) is 15.6. The van der Waals surface area contributed by atoms with Crippen molar-refractivity contribution in [2.75, 3.05) is 4.90 Å². The summed E-state index contributed by atoms with van der Waals surface area (Å²) in [7, 11) is 0. The minimum atomic E-state index is 1.11. The Balaban J connectivity index is 1.02. The van der Waals surface area contributed by atoms with E-state index in [-0.39, 0.29) is 0 Å². The van der Waals surface area contributed by atoms with E-state index in [9.17, 15) is 0 Å². The maximum Gasteiger partial charge on any atom is 0.0640 e. The Morgan fingerprint density at radius 1 is 0.300 bits per heavy atom. The van der Waals surface area contributed by atoms with Crippen molar-refractivity contribution in [3.05, 3.63) is 224 Å². The first-order chi connectivity index (χ1) is 29.7. The molecule has 11 aromatic carbocycles. The molecule has 1 nitrogen and oxygen atoms in total. The highest BCUT2D eigenvalue weighted by Crippen LogP contribution is 2.48. The van der Waals surface area contributed by atoms with Gasteiger partial charge in [-0.15, -0.1) is 11.3 Å². The van der Waals surface area contributed by atoms with E-state index in [1.54, 1.807) is 0 Å². The van der Waals surface area contributed by atoms with Crippen LogP contribution in [-0.4, -0.2) is 0 Å². The quantitative estimate of drug-likeness (QED) is 0.152. The zero-order chi connectivity index (χ0) is 39.6. The summed E-state index contributed by atoms with van der Waals surface area (Å²) in [4.78, 5) is 2.44. The molecule has 12 aromatic rings. The summed E-state index contributed by atoms with van der Waals surface area (Å²) in [6.45, 7) is 0. The molecular formula is C58H37NS. The second-order valence-corrected chi connectivity index (χ2v) is 16.7. The summed E-state index contributed by atoms with van der Waals surface area (Å²) in [5.74, 6) is 0. The molecule has 0 unspecified atom stereocenters. The highest BCUT2D eigenvalue weighted by molar-refractivity contribution is 7.26. The first kappa shape index (κ1) is 34.5. The first-order valence-electron chi connectivity index (χ1n) is 20.6. The SMILES string of the molecule is c1ccc(-c2cccc3sc4c(N(c5ccc(-c6ccc7ccc8ccccc8c7c6)cc5)c5ccc(-c6cc7ccccc7c7ccccc67)cc5)cccc4c23)cc1. The Morgan fingerprint density at radius 3 is 1.62 bits per heavy atom. The van der Waals surface area contributed by atoms with Crippen LogP contribution in [0.1, 0.15) is 0 Å². The molecule has 0 saturated carbocycles. The van der Waals surface area contributed by atoms with Crippen LogP contribution in [0.3, 0.4) is 0 Å². The van der Waals surface area contributed by atoms with Crippen LogP contribution in [0, 0.1) is 0 Å². The van der Waals surface area contributed by atoms with Crippen molar-refractivity contribution in [2.45, 2.75) is 0 Å². The van der Waals surface area contributed by atoms with Crippen LogP contribution in [0.5, 0.6) is 0 Å². The molecule has 0 saturated heterocycles. The predicted octanol–water partition coefficient (Wildman–Crippen LogP) is 17.1. The second kappa shape index (κ2) is 14.1. The normalized spacial score (nSPS) is 11.7. The lowest BCUT2D eigenvalue weighted by Gasteiger charge is -2.26. The number of anilines is 3. The molecule has 0 amide bonds. The van der Waals surface area contributed by atoms with Gasteiger partial charge in [0.15, 0.2) is 0 Å². The number of nitrogens with zero attached hydrogens (tertiary/aromatic N) is 1. The van der Waals surface area contributed by atoms with Gasteiger partial charge in [-0.3, -0.25) is 0 Å². The lowest BCUT2D eigenvalue weighted by Crippen LogP contribution is -2.10. The summed E-state index contributed by atoms with van der Waals surface area (Å²) >= 11 is 1.88. The van der Waals surface area contributed by atoms with E-state index in [1.807, 2.05) is 11.3 Å². The fourth-order valence-corrected chi connectivity index (χ4v) is 10.6. The van der Waals surface area contributed by atoms with Gasteiger partial charge in [0.1, 0.15) is 0 Å². The topological polar surface area (TPSA) is 3.24 Å². The average Bonchev–Trinajstić information content (AvgIpc) is 3.72. The van der Waals surface area contributed by atoms with Gasteiger partial charge in [-0.05, 0) is 125 Å². The summed E-state index contributed by atoms with van der Waals surface area (Å²) in [5, 5.41) is 12.7. The van der Waals surface area contributed by atoms with Gasteiger partial charge in [0.2, 0.25) is 0 Å². The standard InChI is InChI=1S/C58H37NS/c1-2-12-39(13-3-1)49-20-11-23-56-57(49)52-21-10-22-55(58(52)60-56)59(45-32-28-38(29-33-45)43-27-26-41-25-24-40-14-4-6-16-47(40)53(41)36-43)46-34-30-42(31-35-46)54-37-44-15-5-7-17-48(44)50-18-8-9-19-51(50)54/h1-37H. The molecule has 0 radical (unpaired) electrons. The smallest absolute Gasteiger partial charge is 0.0640 e. The minimum Gasteiger partial charge on any atom is -0.309 e. The van der Waals surface area contributed by atoms with E-state index in [0.717, 1.165) is 11.4 Å². The van der Waals surface area contributed by atoms with Gasteiger partial charge in [0, 0.05) is 26.8 Å². The van der Waals surface area contributed by atoms with Crippen LogP contribution in [0.15, 0.2) is 224 Å². The van der Waals surface area contributed by atoms with Gasteiger partial charge in [-0.2, -0.15) is 0 Å². The predicted molar refractivity (Wildman–Crippen MR) is 260 cm³/mol. The van der Waals surface area contributed by atoms with Crippen LogP contribution in [0.2, 0.25) is 0 Å². The summed E-state index contributed by atoms with van der Waals surface area (Å²) < 4.78 is 2.56. The third-order valence-corrected chi connectivity index (χ3v) is 13.4. The molecule has 0 aliphatic rings. The van der Waals surface area contributed by atoms with Crippen molar-refractivity contribution in [1.82, 2.24) is 0 Å². The van der Waals surface area contributed by atoms with E-state index in [1.165, 1.54) is 102 Å². The van der Waals surface area contributed by atoms with Crippen LogP contribution in [0.4, 0.5) is 17.1 Å². The fraction of sp³-hybridized carbons (Fsp3) is 0. The van der Waals surface area contributed by atoms with Gasteiger partial charge >= 0.3 is 0 Å². The molecular weight excluding hydrogens is 743 g/mol. The zero-order valence-corrected chi connectivity index (χ0v) is 33.5. The van der Waals surface area contributed by atoms with E-state index in [2.05, 4.69) is 229 Å². The molecule has 0 atom stereocenters. The molecule has 2 heteroatoms. The molecule has 1 aromatic heterocycles. The first-order valence-corrected chi connectivity index (χ1v) is 21.4. The Hall–Kier alpha value is -7.52. The highest BCUT2D eigenvalue weighted by atomic mass is 32.1. The minimum absolute atomic E-state index is 1.11. The molecule has 0 bridgehead atoms. The fourth-order valence-electron chi connectivity index (χ4n) is 9.36. The van der Waals surface area contributed by atoms with Crippen molar-refractivity contribution in [2.24, 2.45) is 0 Å². The third-order valence-electron chi connectivity index (χ3n) is 12.2. The molecule has 0 N–H and O–H groups in total. The van der Waals surface area contributed by atoms with Crippen LogP contribution in [-0.2, 0) is 0 Å². The Labute approximate surface area is 352 Å². The van der Waals surface area contributed by atoms with Gasteiger partial charge in [-0.25, -0.2) is 0 Å². The Morgan fingerprint density at radius 2 is 0.850 bits per heavy atom. The van der Waals surface area contributed by atoms with Crippen molar-refractivity contribution in [3.63, 3.8) is 0 Å². The summed E-state index contributed by atoms with van der Waals surface area (Å²) in [6.07, 6.45) is 0. The number of rotatable bonds is 6. The molecule has 1 heterocycles. The van der Waals surface area contributed by atoms with E-state index in [4.69, 9.17) is 0 Å². The summed E-state index contributed by atoms with van der Waals surface area (Å²) in [6, 6.07) is 82.5. The average molecular weight is 780 g/mol. The van der Waals surface area contributed by atoms with Crippen LogP contribution < -0.4 is 4.90 Å². The molecule has 0 spiro atoms. The zero-order valence-electron chi connectivity index (χ0n) is 32.7. The van der Waals surface area contributed by atoms with Gasteiger partial charge in [0.25, 0.3) is 0 Å². The van der Waals surface area contributed by atoms with Crippen molar-refractivity contribution < 1.29 is 0 Å². The lowest BCUT2D eigenvalue weighted by molar-refractivity contribution is 1.30. The molecule has 280 valence electrons. The monoisotopic (exact) mass is 779 g/mol. The Kier molecular flexibility index (Phi) is 8.11. The van der Waals surface area contributed by atoms with Gasteiger partial charge in [0.05, 0.1) is 10.4 Å². The van der Waals surface area contributed by atoms with E-state index < -0.39 is 0 Å². The van der Waals surface area contributed by atoms with E-state index in [0.29, 0.717) is 0 Å². The largest absolute Gasteiger partial charge is 0.309 e. The molecule has 0 aliphatic heterocycles. The third kappa shape index (κ3) is 5.68. The van der Waals surface area contributed by atoms with Crippen molar-refractivity contribution >= 4 is 91.7 Å². The lowest BCUT2D eigenvalue weighted by atomic mass is 9.93. The molecule has 0 aliphatic carbocycles. The van der Waals surface area contributed by atoms with Gasteiger partial charge in [-0.1, -0.05) is 176 Å². The van der Waals surface area contributed by atoms with Crippen molar-refractivity contribution in [3.8, 4) is 33.4 Å². The van der Waals surface area contributed by atoms with Gasteiger partial charge < -0.3 is 4.90 Å². The number of fused-ring (bicyclic) bond motifs is 9. The molecule has 12 rings (SSSR count). The highest BCUT2D eigenvalue weighted by Gasteiger charge is 2.20. The van der Waals surface area contributed by atoms with E-state index >= 15 is 0 Å². The number of hydrogen-bond acceptors (Lipinski definition) is 2. The maximum atomic E-state index is 2.44. The molecule has 60 heavy (non-hydrogen) atoms. The number of hydrogen-bond donors (Lipinski definition) is 0. The number of thiophene rings is 1. The van der Waals surface area contributed by atoms with Crippen LogP contribution in [0.25, 0.3) is 96.6 Å². The van der Waals surface area contributed by atoms with Crippen LogP contribution >= 0.6 is 11.3 Å². The maximum absolute atomic E-state index is 2.44. The summed E-state index contributed by atoms with van der Waals surface area (Å²) in [5.41, 5.74) is 10.7. The Bertz CT molecular complexity index is 3580. The molecule has 0 fully saturated rings. The van der Waals surface area contributed by atoms with Crippen molar-refractivity contribution in [1.29, 1.82) is 0 Å². The number of benzene rings is 11.